The molecule has 0 radical (unpaired) electrons. The van der Waals surface area contributed by atoms with Crippen LogP contribution in [0.2, 0.25) is 0 Å². The molecule has 1 heterocycles. The van der Waals surface area contributed by atoms with Crippen LogP contribution in [-0.4, -0.2) is 9.97 Å². The van der Waals surface area contributed by atoms with E-state index in [0.29, 0.717) is 5.56 Å². The van der Waals surface area contributed by atoms with E-state index in [1.807, 2.05) is 6.92 Å². The number of aromatic nitrogens is 2. The fourth-order valence-corrected chi connectivity index (χ4v) is 1.81. The summed E-state index contributed by atoms with van der Waals surface area (Å²) in [6, 6.07) is 5.65. The summed E-state index contributed by atoms with van der Waals surface area (Å²) >= 11 is 3.37. The molecule has 0 saturated heterocycles. The van der Waals surface area contributed by atoms with Gasteiger partial charge in [0.15, 0.2) is 0 Å². The molecule has 0 fully saturated rings. The Morgan fingerprint density at radius 1 is 1.54 bits per heavy atom. The van der Waals surface area contributed by atoms with Crippen LogP contribution in [0.15, 0.2) is 16.6 Å². The van der Waals surface area contributed by atoms with Crippen LogP contribution in [0.1, 0.15) is 11.4 Å². The van der Waals surface area contributed by atoms with Crippen molar-refractivity contribution in [2.45, 2.75) is 6.92 Å². The zero-order valence-electron chi connectivity index (χ0n) is 6.93. The van der Waals surface area contributed by atoms with Crippen LogP contribution in [0.25, 0.3) is 11.0 Å². The van der Waals surface area contributed by atoms with Gasteiger partial charge in [-0.25, -0.2) is 4.98 Å². The van der Waals surface area contributed by atoms with Gasteiger partial charge in [-0.15, -0.1) is 0 Å². The normalized spacial score (nSPS) is 10.2. The molecular formula is C9H6BrN3. The van der Waals surface area contributed by atoms with Gasteiger partial charge in [0.1, 0.15) is 11.3 Å². The molecular weight excluding hydrogens is 230 g/mol. The summed E-state index contributed by atoms with van der Waals surface area (Å²) in [5.74, 6) is 0.853. The predicted octanol–water partition coefficient (Wildman–Crippen LogP) is 2.51. The first kappa shape index (κ1) is 8.27. The number of imidazole rings is 1. The topological polar surface area (TPSA) is 52.5 Å². The van der Waals surface area contributed by atoms with Crippen LogP contribution in [0.4, 0.5) is 0 Å². The number of H-pyrrole nitrogens is 1. The SMILES string of the molecule is Cc1nc2c(Br)cc(C#N)cc2[nH]1. The molecule has 0 bridgehead atoms. The van der Waals surface area contributed by atoms with Gasteiger partial charge in [0.2, 0.25) is 0 Å². The van der Waals surface area contributed by atoms with Gasteiger partial charge >= 0.3 is 0 Å². The molecule has 64 valence electrons. The summed E-state index contributed by atoms with van der Waals surface area (Å²) < 4.78 is 0.853. The number of fused-ring (bicyclic) bond motifs is 1. The molecule has 0 aliphatic carbocycles. The Bertz CT molecular complexity index is 507. The number of benzene rings is 1. The molecule has 1 aromatic heterocycles. The van der Waals surface area contributed by atoms with E-state index in [2.05, 4.69) is 32.0 Å². The van der Waals surface area contributed by atoms with E-state index in [4.69, 9.17) is 5.26 Å². The number of nitriles is 1. The number of nitrogens with one attached hydrogen (secondary N) is 1. The predicted molar refractivity (Wildman–Crippen MR) is 53.2 cm³/mol. The molecule has 0 spiro atoms. The zero-order valence-corrected chi connectivity index (χ0v) is 8.51. The highest BCUT2D eigenvalue weighted by Gasteiger charge is 2.05. The summed E-state index contributed by atoms with van der Waals surface area (Å²) in [6.07, 6.45) is 0. The van der Waals surface area contributed by atoms with E-state index in [0.717, 1.165) is 21.3 Å². The van der Waals surface area contributed by atoms with Gasteiger partial charge in [-0.1, -0.05) is 0 Å². The Hall–Kier alpha value is -1.34. The Morgan fingerprint density at radius 3 is 3.00 bits per heavy atom. The Morgan fingerprint density at radius 2 is 2.31 bits per heavy atom. The summed E-state index contributed by atoms with van der Waals surface area (Å²) in [4.78, 5) is 7.36. The molecule has 0 saturated carbocycles. The van der Waals surface area contributed by atoms with E-state index in [1.54, 1.807) is 12.1 Å². The number of nitrogens with zero attached hydrogens (tertiary/aromatic N) is 2. The lowest BCUT2D eigenvalue weighted by Crippen LogP contribution is -1.77. The Labute approximate surface area is 83.5 Å². The van der Waals surface area contributed by atoms with Crippen LogP contribution >= 0.6 is 15.9 Å². The Kier molecular flexibility index (Phi) is 1.82. The van der Waals surface area contributed by atoms with E-state index in [1.165, 1.54) is 0 Å². The van der Waals surface area contributed by atoms with Crippen molar-refractivity contribution >= 4 is 27.0 Å². The number of halogens is 1. The molecule has 0 aliphatic rings. The van der Waals surface area contributed by atoms with Gasteiger partial charge in [-0.2, -0.15) is 5.26 Å². The van der Waals surface area contributed by atoms with Crippen molar-refractivity contribution in [2.24, 2.45) is 0 Å². The highest BCUT2D eigenvalue weighted by atomic mass is 79.9. The maximum atomic E-state index is 8.72. The average Bonchev–Trinajstić information content (AvgIpc) is 2.46. The number of hydrogen-bond acceptors (Lipinski definition) is 2. The monoisotopic (exact) mass is 235 g/mol. The highest BCUT2D eigenvalue weighted by molar-refractivity contribution is 9.10. The van der Waals surface area contributed by atoms with Crippen molar-refractivity contribution < 1.29 is 0 Å². The summed E-state index contributed by atoms with van der Waals surface area (Å²) in [5, 5.41) is 8.72. The minimum atomic E-state index is 0.628. The third kappa shape index (κ3) is 1.31. The fourth-order valence-electron chi connectivity index (χ4n) is 1.26. The van der Waals surface area contributed by atoms with Crippen molar-refractivity contribution in [3.63, 3.8) is 0 Å². The number of aryl methyl sites for hydroxylation is 1. The third-order valence-corrected chi connectivity index (χ3v) is 2.39. The van der Waals surface area contributed by atoms with Gasteiger partial charge in [0.25, 0.3) is 0 Å². The first-order chi connectivity index (χ1) is 6.20. The van der Waals surface area contributed by atoms with Crippen LogP contribution in [0.5, 0.6) is 0 Å². The largest absolute Gasteiger partial charge is 0.342 e. The average molecular weight is 236 g/mol. The van der Waals surface area contributed by atoms with E-state index in [9.17, 15) is 0 Å². The lowest BCUT2D eigenvalue weighted by molar-refractivity contribution is 1.17. The molecule has 3 nitrogen and oxygen atoms in total. The van der Waals surface area contributed by atoms with E-state index >= 15 is 0 Å². The lowest BCUT2D eigenvalue weighted by atomic mass is 10.2. The van der Waals surface area contributed by atoms with Crippen molar-refractivity contribution in [1.29, 1.82) is 5.26 Å². The minimum Gasteiger partial charge on any atom is -0.342 e. The quantitative estimate of drug-likeness (QED) is 0.763. The molecule has 0 amide bonds. The van der Waals surface area contributed by atoms with E-state index < -0.39 is 0 Å². The second-order valence-electron chi connectivity index (χ2n) is 2.79. The van der Waals surface area contributed by atoms with Crippen molar-refractivity contribution in [2.75, 3.05) is 0 Å². The first-order valence-corrected chi connectivity index (χ1v) is 4.56. The minimum absolute atomic E-state index is 0.628. The maximum absolute atomic E-state index is 8.72. The molecule has 2 aromatic rings. The van der Waals surface area contributed by atoms with Gasteiger partial charge < -0.3 is 4.98 Å². The first-order valence-electron chi connectivity index (χ1n) is 3.76. The summed E-state index contributed by atoms with van der Waals surface area (Å²) in [7, 11) is 0. The number of hydrogen-bond donors (Lipinski definition) is 1. The maximum Gasteiger partial charge on any atom is 0.104 e. The van der Waals surface area contributed by atoms with Crippen molar-refractivity contribution in [3.05, 3.63) is 28.0 Å². The summed E-state index contributed by atoms with van der Waals surface area (Å²) in [5.41, 5.74) is 2.39. The molecule has 0 atom stereocenters. The standard InChI is InChI=1S/C9H6BrN3/c1-5-12-8-3-6(4-11)2-7(10)9(8)13-5/h2-3H,1H3,(H,12,13). The molecule has 4 heteroatoms. The molecule has 1 N–H and O–H groups in total. The fraction of sp³-hybridized carbons (Fsp3) is 0.111. The molecule has 13 heavy (non-hydrogen) atoms. The smallest absolute Gasteiger partial charge is 0.104 e. The van der Waals surface area contributed by atoms with Crippen LogP contribution in [0, 0.1) is 18.3 Å². The second-order valence-corrected chi connectivity index (χ2v) is 3.64. The van der Waals surface area contributed by atoms with Gasteiger partial charge in [-0.3, -0.25) is 0 Å². The molecule has 0 unspecified atom stereocenters. The van der Waals surface area contributed by atoms with Gasteiger partial charge in [0.05, 0.1) is 17.1 Å². The third-order valence-electron chi connectivity index (χ3n) is 1.79. The zero-order chi connectivity index (χ0) is 9.42. The van der Waals surface area contributed by atoms with Gasteiger partial charge in [-0.05, 0) is 35.0 Å². The molecule has 1 aromatic carbocycles. The Balaban J connectivity index is 2.85. The molecule has 0 aliphatic heterocycles. The van der Waals surface area contributed by atoms with E-state index in [-0.39, 0.29) is 0 Å². The number of aromatic amines is 1. The van der Waals surface area contributed by atoms with Gasteiger partial charge in [0, 0.05) is 4.47 Å². The van der Waals surface area contributed by atoms with Crippen LogP contribution in [0.3, 0.4) is 0 Å². The number of rotatable bonds is 0. The summed E-state index contributed by atoms with van der Waals surface area (Å²) in [6.45, 7) is 1.89. The molecule has 2 rings (SSSR count). The van der Waals surface area contributed by atoms with Crippen molar-refractivity contribution in [1.82, 2.24) is 9.97 Å². The lowest BCUT2D eigenvalue weighted by Gasteiger charge is -1.92. The van der Waals surface area contributed by atoms with Crippen LogP contribution < -0.4 is 0 Å². The van der Waals surface area contributed by atoms with Crippen molar-refractivity contribution in [3.8, 4) is 6.07 Å². The second kappa shape index (κ2) is 2.86. The highest BCUT2D eigenvalue weighted by Crippen LogP contribution is 2.23. The van der Waals surface area contributed by atoms with Crippen LogP contribution in [-0.2, 0) is 0 Å².